The number of nitrogens with zero attached hydrogens (tertiary/aromatic N) is 2. The smallest absolute Gasteiger partial charge is 0.239 e. The first-order valence-electron chi connectivity index (χ1n) is 8.06. The summed E-state index contributed by atoms with van der Waals surface area (Å²) >= 11 is 0. The Balaban J connectivity index is 2.06. The number of ether oxygens (including phenoxy) is 3. The first kappa shape index (κ1) is 18.4. The first-order chi connectivity index (χ1) is 11.5. The van der Waals surface area contributed by atoms with Crippen LogP contribution < -0.4 is 19.9 Å². The van der Waals surface area contributed by atoms with Gasteiger partial charge in [0.2, 0.25) is 11.7 Å². The SMILES string of the molecule is COc1ccc(CN2CCN(C(=O)[C@@H](C)N)CC2)c(OC)c1OC. The van der Waals surface area contributed by atoms with Crippen LogP contribution in [0.1, 0.15) is 12.5 Å². The van der Waals surface area contributed by atoms with Gasteiger partial charge in [-0.25, -0.2) is 0 Å². The van der Waals surface area contributed by atoms with Gasteiger partial charge in [0, 0.05) is 38.3 Å². The van der Waals surface area contributed by atoms with Crippen LogP contribution in [0.15, 0.2) is 12.1 Å². The highest BCUT2D eigenvalue weighted by Crippen LogP contribution is 2.40. The summed E-state index contributed by atoms with van der Waals surface area (Å²) in [6.45, 7) is 5.44. The minimum atomic E-state index is -0.442. The summed E-state index contributed by atoms with van der Waals surface area (Å²) in [7, 11) is 4.83. The highest BCUT2D eigenvalue weighted by atomic mass is 16.5. The van der Waals surface area contributed by atoms with Crippen molar-refractivity contribution in [1.82, 2.24) is 9.80 Å². The van der Waals surface area contributed by atoms with Crippen LogP contribution in [0.2, 0.25) is 0 Å². The zero-order valence-corrected chi connectivity index (χ0v) is 14.9. The third-order valence-electron chi connectivity index (χ3n) is 4.25. The molecule has 2 N–H and O–H groups in total. The Bertz CT molecular complexity index is 569. The maximum Gasteiger partial charge on any atom is 0.239 e. The summed E-state index contributed by atoms with van der Waals surface area (Å²) in [5.41, 5.74) is 6.70. The van der Waals surface area contributed by atoms with E-state index < -0.39 is 6.04 Å². The third kappa shape index (κ3) is 3.91. The summed E-state index contributed by atoms with van der Waals surface area (Å²) in [6.07, 6.45) is 0. The van der Waals surface area contributed by atoms with E-state index in [1.807, 2.05) is 17.0 Å². The molecule has 0 aromatic heterocycles. The number of nitrogens with two attached hydrogens (primary N) is 1. The highest BCUT2D eigenvalue weighted by Gasteiger charge is 2.24. The monoisotopic (exact) mass is 337 g/mol. The Morgan fingerprint density at radius 1 is 1.08 bits per heavy atom. The predicted octanol–water partition coefficient (Wildman–Crippen LogP) is 0.704. The summed E-state index contributed by atoms with van der Waals surface area (Å²) in [5, 5.41) is 0. The molecule has 0 radical (unpaired) electrons. The average molecular weight is 337 g/mol. The van der Waals surface area contributed by atoms with E-state index in [4.69, 9.17) is 19.9 Å². The summed E-state index contributed by atoms with van der Waals surface area (Å²) in [5.74, 6) is 1.94. The topological polar surface area (TPSA) is 77.3 Å². The lowest BCUT2D eigenvalue weighted by Gasteiger charge is -2.35. The van der Waals surface area contributed by atoms with Gasteiger partial charge < -0.3 is 24.8 Å². The van der Waals surface area contributed by atoms with Crippen molar-refractivity contribution >= 4 is 5.91 Å². The van der Waals surface area contributed by atoms with Crippen LogP contribution >= 0.6 is 0 Å². The van der Waals surface area contributed by atoms with E-state index in [9.17, 15) is 4.79 Å². The van der Waals surface area contributed by atoms with E-state index in [-0.39, 0.29) is 5.91 Å². The van der Waals surface area contributed by atoms with Gasteiger partial charge in [0.25, 0.3) is 0 Å². The Kier molecular flexibility index (Phi) is 6.28. The van der Waals surface area contributed by atoms with Crippen LogP contribution in [-0.4, -0.2) is 69.3 Å². The van der Waals surface area contributed by atoms with Crippen molar-refractivity contribution in [3.8, 4) is 17.2 Å². The lowest BCUT2D eigenvalue weighted by atomic mass is 10.1. The van der Waals surface area contributed by atoms with E-state index in [2.05, 4.69) is 4.90 Å². The molecule has 7 nitrogen and oxygen atoms in total. The van der Waals surface area contributed by atoms with Crippen LogP contribution in [0.25, 0.3) is 0 Å². The molecular weight excluding hydrogens is 310 g/mol. The Hall–Kier alpha value is -1.99. The molecule has 1 aliphatic heterocycles. The molecule has 0 aliphatic carbocycles. The van der Waals surface area contributed by atoms with Crippen LogP contribution in [0, 0.1) is 0 Å². The van der Waals surface area contributed by atoms with Crippen LogP contribution in [-0.2, 0) is 11.3 Å². The zero-order chi connectivity index (χ0) is 17.7. The van der Waals surface area contributed by atoms with Crippen LogP contribution in [0.4, 0.5) is 0 Å². The highest BCUT2D eigenvalue weighted by molar-refractivity contribution is 5.81. The van der Waals surface area contributed by atoms with Gasteiger partial charge in [0.15, 0.2) is 11.5 Å². The first-order valence-corrected chi connectivity index (χ1v) is 8.06. The van der Waals surface area contributed by atoms with Crippen molar-refractivity contribution < 1.29 is 19.0 Å². The molecule has 1 fully saturated rings. The average Bonchev–Trinajstić information content (AvgIpc) is 2.61. The number of carbonyl (C=O) groups is 1. The van der Waals surface area contributed by atoms with Gasteiger partial charge in [-0.3, -0.25) is 9.69 Å². The molecule has 7 heteroatoms. The number of hydrogen-bond donors (Lipinski definition) is 1. The van der Waals surface area contributed by atoms with Gasteiger partial charge in [-0.2, -0.15) is 0 Å². The maximum atomic E-state index is 11.9. The quantitative estimate of drug-likeness (QED) is 0.824. The maximum absolute atomic E-state index is 11.9. The molecule has 0 unspecified atom stereocenters. The van der Waals surface area contributed by atoms with Crippen molar-refractivity contribution in [2.24, 2.45) is 5.73 Å². The molecule has 0 bridgehead atoms. The van der Waals surface area contributed by atoms with Gasteiger partial charge >= 0.3 is 0 Å². The normalized spacial score (nSPS) is 16.6. The van der Waals surface area contributed by atoms with Crippen molar-refractivity contribution in [3.63, 3.8) is 0 Å². The second kappa shape index (κ2) is 8.21. The van der Waals surface area contributed by atoms with Gasteiger partial charge in [-0.05, 0) is 13.0 Å². The fraction of sp³-hybridized carbons (Fsp3) is 0.588. The van der Waals surface area contributed by atoms with E-state index in [0.717, 1.165) is 25.2 Å². The molecule has 1 aromatic rings. The van der Waals surface area contributed by atoms with Crippen molar-refractivity contribution in [2.75, 3.05) is 47.5 Å². The number of carbonyl (C=O) groups excluding carboxylic acids is 1. The predicted molar refractivity (Wildman–Crippen MR) is 91.6 cm³/mol. The molecule has 1 aromatic carbocycles. The fourth-order valence-corrected chi connectivity index (χ4v) is 2.94. The molecule has 1 aliphatic rings. The third-order valence-corrected chi connectivity index (χ3v) is 4.25. The number of piperazine rings is 1. The summed E-state index contributed by atoms with van der Waals surface area (Å²) in [4.78, 5) is 16.1. The number of amides is 1. The summed E-state index contributed by atoms with van der Waals surface area (Å²) in [6, 6.07) is 3.43. The molecule has 134 valence electrons. The molecule has 0 spiro atoms. The largest absolute Gasteiger partial charge is 0.493 e. The van der Waals surface area contributed by atoms with Gasteiger partial charge in [-0.1, -0.05) is 6.07 Å². The Morgan fingerprint density at radius 2 is 1.71 bits per heavy atom. The molecule has 2 rings (SSSR count). The number of rotatable bonds is 6. The fourth-order valence-electron chi connectivity index (χ4n) is 2.94. The molecule has 1 atom stereocenters. The van der Waals surface area contributed by atoms with Gasteiger partial charge in [0.05, 0.1) is 27.4 Å². The zero-order valence-electron chi connectivity index (χ0n) is 14.9. The molecule has 1 heterocycles. The van der Waals surface area contributed by atoms with Gasteiger partial charge in [0.1, 0.15) is 0 Å². The van der Waals surface area contributed by atoms with Crippen molar-refractivity contribution in [3.05, 3.63) is 17.7 Å². The lowest BCUT2D eigenvalue weighted by Crippen LogP contribution is -2.52. The van der Waals surface area contributed by atoms with Crippen molar-refractivity contribution in [1.29, 1.82) is 0 Å². The number of hydrogen-bond acceptors (Lipinski definition) is 6. The minimum Gasteiger partial charge on any atom is -0.493 e. The lowest BCUT2D eigenvalue weighted by molar-refractivity contribution is -0.134. The molecule has 1 saturated heterocycles. The van der Waals surface area contributed by atoms with Crippen molar-refractivity contribution in [2.45, 2.75) is 19.5 Å². The van der Waals surface area contributed by atoms with Crippen LogP contribution in [0.3, 0.4) is 0 Å². The van der Waals surface area contributed by atoms with E-state index in [1.165, 1.54) is 0 Å². The Morgan fingerprint density at radius 3 is 2.21 bits per heavy atom. The molecule has 1 amide bonds. The Labute approximate surface area is 143 Å². The second-order valence-electron chi connectivity index (χ2n) is 5.88. The summed E-state index contributed by atoms with van der Waals surface area (Å²) < 4.78 is 16.3. The van der Waals surface area contributed by atoms with E-state index in [1.54, 1.807) is 28.3 Å². The minimum absolute atomic E-state index is 0.0124. The van der Waals surface area contributed by atoms with E-state index in [0.29, 0.717) is 30.3 Å². The molecule has 24 heavy (non-hydrogen) atoms. The molecular formula is C17H27N3O4. The molecule has 0 saturated carbocycles. The second-order valence-corrected chi connectivity index (χ2v) is 5.88. The van der Waals surface area contributed by atoms with E-state index >= 15 is 0 Å². The standard InChI is InChI=1S/C17H27N3O4/c1-12(18)17(21)20-9-7-19(8-10-20)11-13-5-6-14(22-2)16(24-4)15(13)23-3/h5-6,12H,7-11,18H2,1-4H3/t12-/m1/s1. The van der Waals surface area contributed by atoms with Crippen LogP contribution in [0.5, 0.6) is 17.2 Å². The van der Waals surface area contributed by atoms with Gasteiger partial charge in [-0.15, -0.1) is 0 Å². The number of methoxy groups -OCH3 is 3. The number of benzene rings is 1.